The number of carboxylic acid groups (broad SMARTS) is 1. The molecule has 0 fully saturated rings. The molecule has 2 aromatic rings. The van der Waals surface area contributed by atoms with E-state index in [0.29, 0.717) is 6.42 Å². The zero-order valence-corrected chi connectivity index (χ0v) is 10.5. The van der Waals surface area contributed by atoms with Crippen LogP contribution in [0, 0.1) is 0 Å². The molecule has 1 aromatic heterocycles. The average Bonchev–Trinajstić information content (AvgIpc) is 2.72. The van der Waals surface area contributed by atoms with Gasteiger partial charge in [-0.15, -0.1) is 0 Å². The number of fused-ring (bicyclic) bond motifs is 1. The molecule has 18 heavy (non-hydrogen) atoms. The van der Waals surface area contributed by atoms with Gasteiger partial charge in [-0.05, 0) is 37.3 Å². The highest BCUT2D eigenvalue weighted by Gasteiger charge is 2.01. The second kappa shape index (κ2) is 7.50. The van der Waals surface area contributed by atoms with E-state index in [1.807, 2.05) is 24.3 Å². The fraction of sp³-hybridized carbons (Fsp3) is 0.357. The number of aromatic amines is 1. The number of aromatic nitrogens is 1. The van der Waals surface area contributed by atoms with E-state index in [4.69, 9.17) is 10.2 Å². The summed E-state index contributed by atoms with van der Waals surface area (Å²) >= 11 is 0. The number of aliphatic hydroxyl groups is 1. The van der Waals surface area contributed by atoms with Gasteiger partial charge in [-0.25, -0.2) is 0 Å². The van der Waals surface area contributed by atoms with E-state index < -0.39 is 5.97 Å². The predicted octanol–water partition coefficient (Wildman–Crippen LogP) is 2.57. The number of carboxylic acids is 1. The highest BCUT2D eigenvalue weighted by Crippen LogP contribution is 2.15. The van der Waals surface area contributed by atoms with E-state index in [2.05, 4.69) is 11.1 Å². The Kier molecular flexibility index (Phi) is 5.94. The van der Waals surface area contributed by atoms with Crippen molar-refractivity contribution in [1.82, 2.24) is 4.98 Å². The molecule has 3 N–H and O–H groups in total. The second-order valence-corrected chi connectivity index (χ2v) is 3.95. The molecule has 1 heterocycles. The van der Waals surface area contributed by atoms with Gasteiger partial charge in [-0.2, -0.15) is 0 Å². The summed E-state index contributed by atoms with van der Waals surface area (Å²) in [6.45, 7) is 1.93. The molecular formula is C14H19NO3. The van der Waals surface area contributed by atoms with Crippen LogP contribution in [0.25, 0.3) is 10.9 Å². The molecule has 0 amide bonds. The lowest BCUT2D eigenvalue weighted by Crippen LogP contribution is -1.95. The Hall–Kier alpha value is -1.81. The third kappa shape index (κ3) is 4.59. The second-order valence-electron chi connectivity index (χ2n) is 3.95. The van der Waals surface area contributed by atoms with Crippen molar-refractivity contribution < 1.29 is 15.0 Å². The summed E-state index contributed by atoms with van der Waals surface area (Å²) in [5.74, 6) is -0.730. The highest BCUT2D eigenvalue weighted by molar-refractivity contribution is 5.80. The van der Waals surface area contributed by atoms with Gasteiger partial charge in [0.05, 0.1) is 0 Å². The SMILES string of the molecule is CCO.O=C(O)CCCc1cc2ccccc2[nH]1. The summed E-state index contributed by atoms with van der Waals surface area (Å²) in [4.78, 5) is 13.6. The van der Waals surface area contributed by atoms with Crippen molar-refractivity contribution in [3.63, 3.8) is 0 Å². The predicted molar refractivity (Wildman–Crippen MR) is 71.6 cm³/mol. The molecule has 0 spiro atoms. The van der Waals surface area contributed by atoms with Crippen LogP contribution in [-0.2, 0) is 11.2 Å². The minimum atomic E-state index is -0.730. The zero-order valence-electron chi connectivity index (χ0n) is 10.5. The summed E-state index contributed by atoms with van der Waals surface area (Å²) in [6, 6.07) is 10.1. The van der Waals surface area contributed by atoms with Crippen LogP contribution in [-0.4, -0.2) is 27.8 Å². The van der Waals surface area contributed by atoms with Crippen LogP contribution >= 0.6 is 0 Å². The number of para-hydroxylation sites is 1. The van der Waals surface area contributed by atoms with Crippen molar-refractivity contribution in [3.05, 3.63) is 36.0 Å². The Balaban J connectivity index is 0.000000492. The Morgan fingerprint density at radius 2 is 2.00 bits per heavy atom. The molecule has 0 radical (unpaired) electrons. The Morgan fingerprint density at radius 3 is 2.61 bits per heavy atom. The van der Waals surface area contributed by atoms with E-state index in [1.165, 1.54) is 5.39 Å². The monoisotopic (exact) mass is 249 g/mol. The van der Waals surface area contributed by atoms with Gasteiger partial charge in [-0.3, -0.25) is 4.79 Å². The first kappa shape index (κ1) is 14.3. The Bertz CT molecular complexity index is 457. The summed E-state index contributed by atoms with van der Waals surface area (Å²) < 4.78 is 0. The third-order valence-electron chi connectivity index (χ3n) is 2.42. The maximum Gasteiger partial charge on any atom is 0.303 e. The summed E-state index contributed by atoms with van der Waals surface area (Å²) in [7, 11) is 0. The van der Waals surface area contributed by atoms with Crippen LogP contribution < -0.4 is 0 Å². The molecule has 0 aliphatic heterocycles. The molecule has 0 bridgehead atoms. The molecule has 4 heteroatoms. The van der Waals surface area contributed by atoms with E-state index >= 15 is 0 Å². The Morgan fingerprint density at radius 1 is 1.33 bits per heavy atom. The molecule has 0 atom stereocenters. The number of carbonyl (C=O) groups is 1. The molecule has 0 saturated carbocycles. The number of benzene rings is 1. The standard InChI is InChI=1S/C12H13NO2.C2H6O/c14-12(15)7-3-5-10-8-9-4-1-2-6-11(9)13-10;1-2-3/h1-2,4,6,8,13H,3,5,7H2,(H,14,15);3H,2H2,1H3. The van der Waals surface area contributed by atoms with Gasteiger partial charge in [0.25, 0.3) is 0 Å². The van der Waals surface area contributed by atoms with E-state index in [1.54, 1.807) is 6.92 Å². The number of hydrogen-bond donors (Lipinski definition) is 3. The van der Waals surface area contributed by atoms with Gasteiger partial charge in [0.15, 0.2) is 0 Å². The minimum absolute atomic E-state index is 0.232. The first-order chi connectivity index (χ1) is 8.67. The topological polar surface area (TPSA) is 73.3 Å². The summed E-state index contributed by atoms with van der Waals surface area (Å²) in [6.07, 6.45) is 1.71. The smallest absolute Gasteiger partial charge is 0.303 e. The first-order valence-corrected chi connectivity index (χ1v) is 6.06. The first-order valence-electron chi connectivity index (χ1n) is 6.06. The maximum atomic E-state index is 10.4. The molecule has 0 aliphatic carbocycles. The van der Waals surface area contributed by atoms with Crippen LogP contribution in [0.2, 0.25) is 0 Å². The van der Waals surface area contributed by atoms with E-state index in [0.717, 1.165) is 17.6 Å². The number of aliphatic carboxylic acids is 1. The minimum Gasteiger partial charge on any atom is -0.481 e. The largest absolute Gasteiger partial charge is 0.481 e. The van der Waals surface area contributed by atoms with Crippen LogP contribution in [0.3, 0.4) is 0 Å². The molecule has 4 nitrogen and oxygen atoms in total. The number of aliphatic hydroxyl groups excluding tert-OH is 1. The van der Waals surface area contributed by atoms with Gasteiger partial charge in [-0.1, -0.05) is 18.2 Å². The average molecular weight is 249 g/mol. The van der Waals surface area contributed by atoms with Crippen molar-refractivity contribution in [1.29, 1.82) is 0 Å². The quantitative estimate of drug-likeness (QED) is 0.779. The van der Waals surface area contributed by atoms with Crippen molar-refractivity contribution in [2.45, 2.75) is 26.2 Å². The van der Waals surface area contributed by atoms with Gasteiger partial charge >= 0.3 is 5.97 Å². The van der Waals surface area contributed by atoms with Gasteiger partial charge in [0.2, 0.25) is 0 Å². The molecule has 1 aromatic carbocycles. The van der Waals surface area contributed by atoms with Crippen LogP contribution in [0.5, 0.6) is 0 Å². The lowest BCUT2D eigenvalue weighted by Gasteiger charge is -1.94. The lowest BCUT2D eigenvalue weighted by molar-refractivity contribution is -0.137. The van der Waals surface area contributed by atoms with Crippen molar-refractivity contribution in [3.8, 4) is 0 Å². The molecule has 0 aliphatic rings. The Labute approximate surface area is 106 Å². The van der Waals surface area contributed by atoms with Gasteiger partial charge < -0.3 is 15.2 Å². The van der Waals surface area contributed by atoms with Gasteiger partial charge in [0, 0.05) is 24.2 Å². The van der Waals surface area contributed by atoms with Crippen molar-refractivity contribution >= 4 is 16.9 Å². The number of H-pyrrole nitrogens is 1. The molecule has 2 rings (SSSR count). The van der Waals surface area contributed by atoms with Crippen molar-refractivity contribution in [2.75, 3.05) is 6.61 Å². The fourth-order valence-electron chi connectivity index (χ4n) is 1.70. The molecule has 0 saturated heterocycles. The van der Waals surface area contributed by atoms with Crippen LogP contribution in [0.4, 0.5) is 0 Å². The number of nitrogens with one attached hydrogen (secondary N) is 1. The highest BCUT2D eigenvalue weighted by atomic mass is 16.4. The van der Waals surface area contributed by atoms with Gasteiger partial charge in [0.1, 0.15) is 0 Å². The zero-order chi connectivity index (χ0) is 13.4. The van der Waals surface area contributed by atoms with Crippen LogP contribution in [0.1, 0.15) is 25.5 Å². The number of hydrogen-bond acceptors (Lipinski definition) is 2. The number of aryl methyl sites for hydroxylation is 1. The fourth-order valence-corrected chi connectivity index (χ4v) is 1.70. The summed E-state index contributed by atoms with van der Waals surface area (Å²) in [5, 5.41) is 17.3. The molecular weight excluding hydrogens is 230 g/mol. The maximum absolute atomic E-state index is 10.4. The van der Waals surface area contributed by atoms with E-state index in [-0.39, 0.29) is 13.0 Å². The van der Waals surface area contributed by atoms with Crippen molar-refractivity contribution in [2.24, 2.45) is 0 Å². The molecule has 98 valence electrons. The lowest BCUT2D eigenvalue weighted by atomic mass is 10.2. The van der Waals surface area contributed by atoms with E-state index in [9.17, 15) is 4.79 Å². The number of rotatable bonds is 4. The molecule has 0 unspecified atom stereocenters. The summed E-state index contributed by atoms with van der Waals surface area (Å²) in [5.41, 5.74) is 2.22. The normalized spacial score (nSPS) is 9.89. The van der Waals surface area contributed by atoms with Crippen LogP contribution in [0.15, 0.2) is 30.3 Å². The third-order valence-corrected chi connectivity index (χ3v) is 2.42.